The van der Waals surface area contributed by atoms with Gasteiger partial charge in [-0.3, -0.25) is 13.9 Å². The molecule has 2 amide bonds. The molecule has 0 aliphatic rings. The van der Waals surface area contributed by atoms with Gasteiger partial charge in [0.05, 0.1) is 11.9 Å². The summed E-state index contributed by atoms with van der Waals surface area (Å²) in [6.07, 6.45) is 3.67. The third-order valence-electron chi connectivity index (χ3n) is 6.20. The van der Waals surface area contributed by atoms with Crippen LogP contribution in [0.3, 0.4) is 0 Å². The second kappa shape index (κ2) is 14.0. The van der Waals surface area contributed by atoms with Crippen molar-refractivity contribution in [2.75, 3.05) is 30.2 Å². The Morgan fingerprint density at radius 3 is 2.31 bits per heavy atom. The van der Waals surface area contributed by atoms with E-state index in [1.165, 1.54) is 10.6 Å². The summed E-state index contributed by atoms with van der Waals surface area (Å²) in [6, 6.07) is 15.0. The molecule has 0 aromatic heterocycles. The van der Waals surface area contributed by atoms with E-state index in [1.54, 1.807) is 4.90 Å². The monoisotopic (exact) mass is 515 g/mol. The maximum absolute atomic E-state index is 13.4. The summed E-state index contributed by atoms with van der Waals surface area (Å²) in [7, 11) is -3.52. The van der Waals surface area contributed by atoms with E-state index in [0.717, 1.165) is 23.1 Å². The molecule has 2 aromatic carbocycles. The van der Waals surface area contributed by atoms with E-state index in [0.29, 0.717) is 38.0 Å². The first kappa shape index (κ1) is 29.4. The Kier molecular flexibility index (Phi) is 11.4. The molecule has 1 N–H and O–H groups in total. The first-order valence-electron chi connectivity index (χ1n) is 12.7. The fourth-order valence-electron chi connectivity index (χ4n) is 4.23. The quantitative estimate of drug-likeness (QED) is 0.408. The van der Waals surface area contributed by atoms with Crippen LogP contribution in [0.5, 0.6) is 0 Å². The van der Waals surface area contributed by atoms with E-state index >= 15 is 0 Å². The Hall–Kier alpha value is -2.87. The summed E-state index contributed by atoms with van der Waals surface area (Å²) < 4.78 is 26.5. The Labute approximate surface area is 216 Å². The number of carbonyl (C=O) groups excluding carboxylic acids is 2. The average molecular weight is 516 g/mol. The van der Waals surface area contributed by atoms with Gasteiger partial charge in [-0.25, -0.2) is 8.42 Å². The van der Waals surface area contributed by atoms with Gasteiger partial charge >= 0.3 is 0 Å². The van der Waals surface area contributed by atoms with Crippen molar-refractivity contribution in [3.63, 3.8) is 0 Å². The van der Waals surface area contributed by atoms with Crippen LogP contribution in [0.4, 0.5) is 5.69 Å². The van der Waals surface area contributed by atoms with E-state index in [-0.39, 0.29) is 24.8 Å². The van der Waals surface area contributed by atoms with Crippen molar-refractivity contribution < 1.29 is 18.0 Å². The Morgan fingerprint density at radius 2 is 1.69 bits per heavy atom. The van der Waals surface area contributed by atoms with Gasteiger partial charge in [-0.2, -0.15) is 0 Å². The van der Waals surface area contributed by atoms with E-state index in [2.05, 4.69) is 5.32 Å². The van der Waals surface area contributed by atoms with Crippen molar-refractivity contribution >= 4 is 27.5 Å². The summed E-state index contributed by atoms with van der Waals surface area (Å²) in [5, 5.41) is 2.92. The van der Waals surface area contributed by atoms with Gasteiger partial charge in [-0.05, 0) is 62.3 Å². The zero-order valence-corrected chi connectivity index (χ0v) is 23.1. The lowest BCUT2D eigenvalue weighted by Crippen LogP contribution is -2.50. The lowest BCUT2D eigenvalue weighted by atomic mass is 10.1. The molecule has 8 heteroatoms. The molecule has 1 unspecified atom stereocenters. The van der Waals surface area contributed by atoms with Gasteiger partial charge in [0.1, 0.15) is 6.04 Å². The highest BCUT2D eigenvalue weighted by Crippen LogP contribution is 2.24. The number of sulfonamides is 1. The van der Waals surface area contributed by atoms with E-state index in [1.807, 2.05) is 76.2 Å². The summed E-state index contributed by atoms with van der Waals surface area (Å²) in [4.78, 5) is 27.9. The molecular weight excluding hydrogens is 474 g/mol. The summed E-state index contributed by atoms with van der Waals surface area (Å²) >= 11 is 0. The highest BCUT2D eigenvalue weighted by Gasteiger charge is 2.28. The predicted molar refractivity (Wildman–Crippen MR) is 147 cm³/mol. The Morgan fingerprint density at radius 1 is 1.00 bits per heavy atom. The zero-order valence-electron chi connectivity index (χ0n) is 22.3. The van der Waals surface area contributed by atoms with Gasteiger partial charge in [0.25, 0.3) is 0 Å². The number of anilines is 1. The van der Waals surface area contributed by atoms with Gasteiger partial charge in [0, 0.05) is 26.1 Å². The van der Waals surface area contributed by atoms with Crippen molar-refractivity contribution in [1.82, 2.24) is 10.2 Å². The zero-order chi connectivity index (χ0) is 26.7. The van der Waals surface area contributed by atoms with E-state index in [9.17, 15) is 18.0 Å². The maximum Gasteiger partial charge on any atom is 0.242 e. The number of aryl methyl sites for hydroxylation is 2. The molecule has 198 valence electrons. The number of nitrogens with zero attached hydrogens (tertiary/aromatic N) is 2. The fraction of sp³-hybridized carbons (Fsp3) is 0.500. The van der Waals surface area contributed by atoms with Crippen LogP contribution < -0.4 is 9.62 Å². The first-order valence-corrected chi connectivity index (χ1v) is 14.6. The van der Waals surface area contributed by atoms with Crippen molar-refractivity contribution in [3.05, 3.63) is 65.2 Å². The summed E-state index contributed by atoms with van der Waals surface area (Å²) in [6.45, 7) is 8.88. The molecule has 0 bridgehead atoms. The van der Waals surface area contributed by atoms with Crippen LogP contribution >= 0.6 is 0 Å². The Bertz CT molecular complexity index is 1100. The average Bonchev–Trinajstić information content (AvgIpc) is 2.84. The number of rotatable bonds is 14. The molecular formula is C28H41N3O4S. The highest BCUT2D eigenvalue weighted by molar-refractivity contribution is 7.92. The lowest BCUT2D eigenvalue weighted by molar-refractivity contribution is -0.140. The molecule has 0 fully saturated rings. The second-order valence-electron chi connectivity index (χ2n) is 9.27. The van der Waals surface area contributed by atoms with Crippen molar-refractivity contribution in [3.8, 4) is 0 Å². The van der Waals surface area contributed by atoms with Crippen molar-refractivity contribution in [2.45, 2.75) is 65.8 Å². The highest BCUT2D eigenvalue weighted by atomic mass is 32.2. The van der Waals surface area contributed by atoms with Crippen molar-refractivity contribution in [2.24, 2.45) is 0 Å². The molecule has 0 saturated carbocycles. The molecule has 0 aliphatic carbocycles. The molecule has 0 heterocycles. The number of hydrogen-bond acceptors (Lipinski definition) is 4. The molecule has 0 spiro atoms. The first-order chi connectivity index (χ1) is 17.1. The molecule has 7 nitrogen and oxygen atoms in total. The van der Waals surface area contributed by atoms with Gasteiger partial charge < -0.3 is 10.2 Å². The number of amides is 2. The van der Waals surface area contributed by atoms with Gasteiger partial charge in [-0.1, -0.05) is 56.3 Å². The number of hydrogen-bond donors (Lipinski definition) is 1. The molecule has 1 atom stereocenters. The van der Waals surface area contributed by atoms with Crippen LogP contribution in [0.25, 0.3) is 0 Å². The third-order valence-corrected chi connectivity index (χ3v) is 7.38. The standard InChI is InChI=1S/C28H41N3O4S/c1-6-18-29-28(33)25(7-2)30(20-17-24-12-9-8-10-13-24)27(32)14-11-19-31(36(5,34)35)26-21-22(3)15-16-23(26)4/h8-10,12-13,15-16,21,25H,6-7,11,14,17-20H2,1-5H3,(H,29,33). The van der Waals surface area contributed by atoms with Crippen molar-refractivity contribution in [1.29, 1.82) is 0 Å². The minimum atomic E-state index is -3.52. The third kappa shape index (κ3) is 8.66. The summed E-state index contributed by atoms with van der Waals surface area (Å²) in [5.74, 6) is -0.284. The predicted octanol–water partition coefficient (Wildman–Crippen LogP) is 4.23. The normalized spacial score (nSPS) is 12.1. The maximum atomic E-state index is 13.4. The SMILES string of the molecule is CCCNC(=O)C(CC)N(CCc1ccccc1)C(=O)CCCN(c1cc(C)ccc1C)S(C)(=O)=O. The minimum Gasteiger partial charge on any atom is -0.354 e. The van der Waals surface area contributed by atoms with Gasteiger partial charge in [0.15, 0.2) is 0 Å². The van der Waals surface area contributed by atoms with Crippen LogP contribution in [0.1, 0.15) is 56.2 Å². The van der Waals surface area contributed by atoms with Crippen LogP contribution in [-0.4, -0.2) is 57.1 Å². The van der Waals surface area contributed by atoms with Crippen LogP contribution in [0, 0.1) is 13.8 Å². The van der Waals surface area contributed by atoms with Gasteiger partial charge in [-0.15, -0.1) is 0 Å². The molecule has 36 heavy (non-hydrogen) atoms. The molecule has 0 saturated heterocycles. The second-order valence-corrected chi connectivity index (χ2v) is 11.2. The lowest BCUT2D eigenvalue weighted by Gasteiger charge is -2.31. The fourth-order valence-corrected chi connectivity index (χ4v) is 5.25. The minimum absolute atomic E-state index is 0.140. The van der Waals surface area contributed by atoms with E-state index in [4.69, 9.17) is 0 Å². The van der Waals surface area contributed by atoms with Gasteiger partial charge in [0.2, 0.25) is 21.8 Å². The molecule has 0 aliphatic heterocycles. The van der Waals surface area contributed by atoms with E-state index < -0.39 is 16.1 Å². The van der Waals surface area contributed by atoms with Crippen LogP contribution in [-0.2, 0) is 26.0 Å². The smallest absolute Gasteiger partial charge is 0.242 e. The number of nitrogens with one attached hydrogen (secondary N) is 1. The molecule has 2 aromatic rings. The molecule has 0 radical (unpaired) electrons. The number of benzene rings is 2. The number of carbonyl (C=O) groups is 2. The van der Waals surface area contributed by atoms with Crippen LogP contribution in [0.15, 0.2) is 48.5 Å². The molecule has 2 rings (SSSR count). The largest absolute Gasteiger partial charge is 0.354 e. The topological polar surface area (TPSA) is 86.8 Å². The Balaban J connectivity index is 2.17. The summed E-state index contributed by atoms with van der Waals surface area (Å²) in [5.41, 5.74) is 3.56. The van der Waals surface area contributed by atoms with Crippen LogP contribution in [0.2, 0.25) is 0 Å².